The number of nitrogens with one attached hydrogen (secondary N) is 1. The minimum Gasteiger partial charge on any atom is -0.493 e. The molecule has 4 amide bonds. The Morgan fingerprint density at radius 1 is 1.03 bits per heavy atom. The molecule has 36 heavy (non-hydrogen) atoms. The number of ether oxygens (including phenoxy) is 2. The van der Waals surface area contributed by atoms with Gasteiger partial charge < -0.3 is 14.6 Å². The number of imide groups is 2. The Labute approximate surface area is 214 Å². The number of hydrogen-bond acceptors (Lipinski definition) is 6. The highest BCUT2D eigenvalue weighted by molar-refractivity contribution is 9.10. The Bertz CT molecular complexity index is 1400. The van der Waals surface area contributed by atoms with E-state index >= 15 is 0 Å². The van der Waals surface area contributed by atoms with E-state index in [0.29, 0.717) is 27.2 Å². The molecule has 0 atom stereocenters. The third-order valence-corrected chi connectivity index (χ3v) is 5.76. The fourth-order valence-electron chi connectivity index (χ4n) is 3.47. The molecule has 4 rings (SSSR count). The van der Waals surface area contributed by atoms with Crippen LogP contribution in [-0.4, -0.2) is 36.0 Å². The van der Waals surface area contributed by atoms with Gasteiger partial charge in [-0.25, -0.2) is 14.5 Å². The van der Waals surface area contributed by atoms with Crippen LogP contribution in [0.15, 0.2) is 76.8 Å². The molecule has 3 aromatic carbocycles. The molecule has 0 aromatic heterocycles. The minimum atomic E-state index is -1.01. The van der Waals surface area contributed by atoms with Crippen molar-refractivity contribution in [2.75, 3.05) is 12.0 Å². The fraction of sp³-hybridized carbons (Fsp3) is 0.0769. The van der Waals surface area contributed by atoms with Crippen molar-refractivity contribution in [3.8, 4) is 11.5 Å². The van der Waals surface area contributed by atoms with Gasteiger partial charge in [0.1, 0.15) is 12.2 Å². The molecule has 9 nitrogen and oxygen atoms in total. The van der Waals surface area contributed by atoms with Gasteiger partial charge in [-0.3, -0.25) is 14.9 Å². The highest BCUT2D eigenvalue weighted by atomic mass is 79.9. The maximum absolute atomic E-state index is 13.1. The van der Waals surface area contributed by atoms with Gasteiger partial charge in [-0.1, -0.05) is 40.2 Å². The van der Waals surface area contributed by atoms with Crippen molar-refractivity contribution >= 4 is 51.5 Å². The van der Waals surface area contributed by atoms with E-state index in [1.165, 1.54) is 25.3 Å². The lowest BCUT2D eigenvalue weighted by molar-refractivity contribution is -0.122. The Morgan fingerprint density at radius 2 is 1.78 bits per heavy atom. The first-order valence-electron chi connectivity index (χ1n) is 10.6. The molecule has 10 heteroatoms. The number of anilines is 1. The summed E-state index contributed by atoms with van der Waals surface area (Å²) in [6.07, 6.45) is 1.37. The van der Waals surface area contributed by atoms with Crippen LogP contribution in [0.3, 0.4) is 0 Å². The first-order chi connectivity index (χ1) is 17.3. The molecule has 0 bridgehead atoms. The van der Waals surface area contributed by atoms with Crippen molar-refractivity contribution < 1.29 is 33.8 Å². The monoisotopic (exact) mass is 550 g/mol. The van der Waals surface area contributed by atoms with Gasteiger partial charge in [-0.05, 0) is 59.7 Å². The van der Waals surface area contributed by atoms with E-state index in [-0.39, 0.29) is 17.7 Å². The number of carboxylic acid groups (broad SMARTS) is 1. The van der Waals surface area contributed by atoms with Gasteiger partial charge in [0.05, 0.1) is 18.4 Å². The first kappa shape index (κ1) is 24.7. The van der Waals surface area contributed by atoms with Crippen LogP contribution in [0.1, 0.15) is 21.5 Å². The Kier molecular flexibility index (Phi) is 7.16. The van der Waals surface area contributed by atoms with Crippen LogP contribution in [0.4, 0.5) is 10.5 Å². The SMILES string of the molecule is COc1cc(/C=C2/C(=O)NC(=O)N(c3cccc(Br)c3)C2=O)ccc1OCc1ccc(C(=O)O)cc1. The predicted octanol–water partition coefficient (Wildman–Crippen LogP) is 4.40. The minimum absolute atomic E-state index is 0.168. The van der Waals surface area contributed by atoms with Crippen LogP contribution >= 0.6 is 15.9 Å². The van der Waals surface area contributed by atoms with Crippen molar-refractivity contribution in [2.24, 2.45) is 0 Å². The molecule has 0 unspecified atom stereocenters. The predicted molar refractivity (Wildman–Crippen MR) is 134 cm³/mol. The zero-order valence-electron chi connectivity index (χ0n) is 18.9. The molecule has 0 spiro atoms. The third-order valence-electron chi connectivity index (χ3n) is 5.26. The lowest BCUT2D eigenvalue weighted by atomic mass is 10.1. The highest BCUT2D eigenvalue weighted by Gasteiger charge is 2.36. The number of amides is 4. The second kappa shape index (κ2) is 10.4. The van der Waals surface area contributed by atoms with E-state index in [1.807, 2.05) is 0 Å². The maximum Gasteiger partial charge on any atom is 0.335 e. The zero-order chi connectivity index (χ0) is 25.8. The number of hydrogen-bond donors (Lipinski definition) is 2. The smallest absolute Gasteiger partial charge is 0.335 e. The Morgan fingerprint density at radius 3 is 2.44 bits per heavy atom. The first-order valence-corrected chi connectivity index (χ1v) is 11.4. The molecule has 2 N–H and O–H groups in total. The summed E-state index contributed by atoms with van der Waals surface area (Å²) in [4.78, 5) is 49.8. The number of halogens is 1. The number of methoxy groups -OCH3 is 1. The molecule has 1 aliphatic rings. The molecule has 0 aliphatic carbocycles. The summed E-state index contributed by atoms with van der Waals surface area (Å²) in [5.41, 5.74) is 1.50. The van der Waals surface area contributed by atoms with Gasteiger partial charge in [0.25, 0.3) is 11.8 Å². The second-order valence-electron chi connectivity index (χ2n) is 7.64. The number of rotatable bonds is 7. The fourth-order valence-corrected chi connectivity index (χ4v) is 3.86. The van der Waals surface area contributed by atoms with Crippen LogP contribution in [-0.2, 0) is 16.2 Å². The van der Waals surface area contributed by atoms with Crippen molar-refractivity contribution in [1.82, 2.24) is 5.32 Å². The largest absolute Gasteiger partial charge is 0.493 e. The average molecular weight is 551 g/mol. The van der Waals surface area contributed by atoms with Crippen molar-refractivity contribution in [2.45, 2.75) is 6.61 Å². The molecule has 1 fully saturated rings. The van der Waals surface area contributed by atoms with Crippen molar-refractivity contribution in [1.29, 1.82) is 0 Å². The van der Waals surface area contributed by atoms with E-state index < -0.39 is 23.8 Å². The van der Waals surface area contributed by atoms with Crippen molar-refractivity contribution in [3.63, 3.8) is 0 Å². The third kappa shape index (κ3) is 5.28. The molecule has 1 saturated heterocycles. The highest BCUT2D eigenvalue weighted by Crippen LogP contribution is 2.31. The summed E-state index contributed by atoms with van der Waals surface area (Å²) in [5.74, 6) is -1.81. The average Bonchev–Trinajstić information content (AvgIpc) is 2.85. The van der Waals surface area contributed by atoms with Crippen LogP contribution < -0.4 is 19.7 Å². The second-order valence-corrected chi connectivity index (χ2v) is 8.55. The number of carbonyl (C=O) groups is 4. The lowest BCUT2D eigenvalue weighted by Crippen LogP contribution is -2.54. The molecular formula is C26H19BrN2O7. The summed E-state index contributed by atoms with van der Waals surface area (Å²) >= 11 is 3.31. The summed E-state index contributed by atoms with van der Waals surface area (Å²) in [6, 6.07) is 16.9. The number of barbiturate groups is 1. The van der Waals surface area contributed by atoms with Gasteiger partial charge in [-0.15, -0.1) is 0 Å². The standard InChI is InChI=1S/C26H19BrN2O7/c1-35-22-12-16(7-10-21(22)36-14-15-5-8-17(9-6-15)25(32)33)11-20-23(30)28-26(34)29(24(20)31)19-4-2-3-18(27)13-19/h2-13H,14H2,1H3,(H,32,33)(H,28,30,34)/b20-11-. The maximum atomic E-state index is 13.1. The number of urea groups is 1. The number of aromatic carboxylic acids is 1. The van der Waals surface area contributed by atoms with Gasteiger partial charge in [-0.2, -0.15) is 0 Å². The Hall–Kier alpha value is -4.44. The lowest BCUT2D eigenvalue weighted by Gasteiger charge is -2.26. The summed E-state index contributed by atoms with van der Waals surface area (Å²) in [5, 5.41) is 11.2. The number of carboxylic acids is 1. The summed E-state index contributed by atoms with van der Waals surface area (Å²) in [6.45, 7) is 0.168. The number of benzene rings is 3. The number of carbonyl (C=O) groups excluding carboxylic acids is 3. The molecular weight excluding hydrogens is 532 g/mol. The molecule has 3 aromatic rings. The van der Waals surface area contributed by atoms with Gasteiger partial charge in [0.15, 0.2) is 11.5 Å². The van der Waals surface area contributed by atoms with E-state index in [9.17, 15) is 19.2 Å². The van der Waals surface area contributed by atoms with Crippen LogP contribution in [0.2, 0.25) is 0 Å². The van der Waals surface area contributed by atoms with Crippen LogP contribution in [0, 0.1) is 0 Å². The van der Waals surface area contributed by atoms with E-state index in [0.717, 1.165) is 10.5 Å². The number of nitrogens with zero attached hydrogens (tertiary/aromatic N) is 1. The molecule has 1 heterocycles. The van der Waals surface area contributed by atoms with E-state index in [2.05, 4.69) is 21.2 Å². The summed E-state index contributed by atoms with van der Waals surface area (Å²) in [7, 11) is 1.45. The van der Waals surface area contributed by atoms with E-state index in [1.54, 1.807) is 54.6 Å². The Balaban J connectivity index is 1.56. The van der Waals surface area contributed by atoms with E-state index in [4.69, 9.17) is 14.6 Å². The zero-order valence-corrected chi connectivity index (χ0v) is 20.4. The molecule has 1 aliphatic heterocycles. The van der Waals surface area contributed by atoms with Gasteiger partial charge in [0, 0.05) is 4.47 Å². The van der Waals surface area contributed by atoms with Crippen LogP contribution in [0.5, 0.6) is 11.5 Å². The normalized spacial score (nSPS) is 14.6. The van der Waals surface area contributed by atoms with Gasteiger partial charge >= 0.3 is 12.0 Å². The quantitative estimate of drug-likeness (QED) is 0.330. The molecule has 0 saturated carbocycles. The molecule has 182 valence electrons. The van der Waals surface area contributed by atoms with Gasteiger partial charge in [0.2, 0.25) is 0 Å². The summed E-state index contributed by atoms with van der Waals surface area (Å²) < 4.78 is 11.9. The topological polar surface area (TPSA) is 122 Å². The molecule has 0 radical (unpaired) electrons. The van der Waals surface area contributed by atoms with Crippen molar-refractivity contribution in [3.05, 3.63) is 93.5 Å². The van der Waals surface area contributed by atoms with Crippen LogP contribution in [0.25, 0.3) is 6.08 Å².